The van der Waals surface area contributed by atoms with E-state index in [2.05, 4.69) is 10.6 Å². The van der Waals surface area contributed by atoms with Crippen molar-refractivity contribution in [2.45, 2.75) is 13.8 Å². The minimum absolute atomic E-state index is 0.0746. The topological polar surface area (TPSA) is 41.1 Å². The SMILES string of the molecule is CC(C)=CCNCC(=O)Nc1cccc(Cl)c1. The summed E-state index contributed by atoms with van der Waals surface area (Å²) in [7, 11) is 0. The lowest BCUT2D eigenvalue weighted by Crippen LogP contribution is -2.28. The minimum Gasteiger partial charge on any atom is -0.325 e. The second kappa shape index (κ2) is 7.09. The first-order chi connectivity index (χ1) is 8.08. The molecule has 1 amide bonds. The summed E-state index contributed by atoms with van der Waals surface area (Å²) in [6.45, 7) is 5.03. The molecule has 1 rings (SSSR count). The quantitative estimate of drug-likeness (QED) is 0.625. The number of carbonyl (C=O) groups excluding carboxylic acids is 1. The molecule has 4 heteroatoms. The van der Waals surface area contributed by atoms with Crippen molar-refractivity contribution in [2.75, 3.05) is 18.4 Å². The zero-order valence-electron chi connectivity index (χ0n) is 10.1. The molecule has 0 saturated carbocycles. The van der Waals surface area contributed by atoms with Gasteiger partial charge in [0.15, 0.2) is 0 Å². The maximum Gasteiger partial charge on any atom is 0.238 e. The maximum absolute atomic E-state index is 11.5. The summed E-state index contributed by atoms with van der Waals surface area (Å²) in [6, 6.07) is 7.09. The van der Waals surface area contributed by atoms with Crippen LogP contribution in [0.3, 0.4) is 0 Å². The number of hydrogen-bond acceptors (Lipinski definition) is 2. The van der Waals surface area contributed by atoms with Gasteiger partial charge in [-0.1, -0.05) is 29.3 Å². The fourth-order valence-electron chi connectivity index (χ4n) is 1.23. The van der Waals surface area contributed by atoms with Crippen LogP contribution in [0.25, 0.3) is 0 Å². The zero-order valence-corrected chi connectivity index (χ0v) is 10.8. The molecule has 0 atom stereocenters. The Labute approximate surface area is 107 Å². The van der Waals surface area contributed by atoms with Crippen LogP contribution in [0.5, 0.6) is 0 Å². The highest BCUT2D eigenvalue weighted by Crippen LogP contribution is 2.14. The first-order valence-electron chi connectivity index (χ1n) is 5.47. The van der Waals surface area contributed by atoms with Crippen LogP contribution in [0.2, 0.25) is 5.02 Å². The molecule has 0 aliphatic rings. The Kier molecular flexibility index (Phi) is 5.73. The number of allylic oxidation sites excluding steroid dienone is 1. The molecule has 17 heavy (non-hydrogen) atoms. The summed E-state index contributed by atoms with van der Waals surface area (Å²) in [4.78, 5) is 11.5. The third kappa shape index (κ3) is 6.09. The van der Waals surface area contributed by atoms with Crippen LogP contribution in [0.4, 0.5) is 5.69 Å². The van der Waals surface area contributed by atoms with Gasteiger partial charge in [-0.05, 0) is 32.0 Å². The predicted molar refractivity (Wildman–Crippen MR) is 72.4 cm³/mol. The van der Waals surface area contributed by atoms with Crippen molar-refractivity contribution in [3.8, 4) is 0 Å². The molecule has 0 unspecified atom stereocenters. The third-order valence-corrected chi connectivity index (χ3v) is 2.28. The second-order valence-electron chi connectivity index (χ2n) is 3.97. The number of carbonyl (C=O) groups is 1. The fourth-order valence-corrected chi connectivity index (χ4v) is 1.42. The summed E-state index contributed by atoms with van der Waals surface area (Å²) in [5.41, 5.74) is 1.94. The van der Waals surface area contributed by atoms with E-state index in [1.165, 1.54) is 5.57 Å². The van der Waals surface area contributed by atoms with E-state index in [1.54, 1.807) is 24.3 Å². The van der Waals surface area contributed by atoms with Gasteiger partial charge >= 0.3 is 0 Å². The highest BCUT2D eigenvalue weighted by Gasteiger charge is 2.01. The molecular weight excluding hydrogens is 236 g/mol. The molecule has 0 spiro atoms. The van der Waals surface area contributed by atoms with Crippen LogP contribution in [-0.2, 0) is 4.79 Å². The molecule has 0 saturated heterocycles. The van der Waals surface area contributed by atoms with E-state index in [0.717, 1.165) is 0 Å². The Morgan fingerprint density at radius 2 is 2.18 bits per heavy atom. The summed E-state index contributed by atoms with van der Waals surface area (Å²) in [5.74, 6) is -0.0746. The molecule has 0 aliphatic carbocycles. The van der Waals surface area contributed by atoms with Crippen molar-refractivity contribution in [1.82, 2.24) is 5.32 Å². The van der Waals surface area contributed by atoms with E-state index in [-0.39, 0.29) is 12.5 Å². The van der Waals surface area contributed by atoms with Crippen molar-refractivity contribution in [3.05, 3.63) is 40.9 Å². The molecule has 1 aromatic rings. The highest BCUT2D eigenvalue weighted by atomic mass is 35.5. The third-order valence-electron chi connectivity index (χ3n) is 2.05. The van der Waals surface area contributed by atoms with Gasteiger partial charge in [0.2, 0.25) is 5.91 Å². The van der Waals surface area contributed by atoms with Crippen LogP contribution in [0.15, 0.2) is 35.9 Å². The number of halogens is 1. The van der Waals surface area contributed by atoms with E-state index in [9.17, 15) is 4.79 Å². The lowest BCUT2D eigenvalue weighted by molar-refractivity contribution is -0.115. The number of hydrogen-bond donors (Lipinski definition) is 2. The molecule has 0 heterocycles. The average molecular weight is 253 g/mol. The van der Waals surface area contributed by atoms with Crippen molar-refractivity contribution in [3.63, 3.8) is 0 Å². The van der Waals surface area contributed by atoms with E-state index >= 15 is 0 Å². The molecule has 1 aromatic carbocycles. The molecule has 0 aromatic heterocycles. The van der Waals surface area contributed by atoms with Gasteiger partial charge in [0.25, 0.3) is 0 Å². The standard InChI is InChI=1S/C13H17ClN2O/c1-10(2)6-7-15-9-13(17)16-12-5-3-4-11(14)8-12/h3-6,8,15H,7,9H2,1-2H3,(H,16,17). The number of nitrogens with one attached hydrogen (secondary N) is 2. The van der Waals surface area contributed by atoms with Crippen LogP contribution in [0.1, 0.15) is 13.8 Å². The Hall–Kier alpha value is -1.32. The Bertz CT molecular complexity index is 412. The van der Waals surface area contributed by atoms with Gasteiger partial charge in [0.1, 0.15) is 0 Å². The van der Waals surface area contributed by atoms with Gasteiger partial charge in [-0.3, -0.25) is 4.79 Å². The second-order valence-corrected chi connectivity index (χ2v) is 4.41. The fraction of sp³-hybridized carbons (Fsp3) is 0.308. The van der Waals surface area contributed by atoms with Crippen LogP contribution < -0.4 is 10.6 Å². The maximum atomic E-state index is 11.5. The molecule has 0 radical (unpaired) electrons. The van der Waals surface area contributed by atoms with Crippen LogP contribution >= 0.6 is 11.6 Å². The largest absolute Gasteiger partial charge is 0.325 e. The van der Waals surface area contributed by atoms with Crippen LogP contribution in [-0.4, -0.2) is 19.0 Å². The number of rotatable bonds is 5. The summed E-state index contributed by atoms with van der Waals surface area (Å²) in [6.07, 6.45) is 2.03. The highest BCUT2D eigenvalue weighted by molar-refractivity contribution is 6.30. The van der Waals surface area contributed by atoms with Gasteiger partial charge in [-0.25, -0.2) is 0 Å². The summed E-state index contributed by atoms with van der Waals surface area (Å²) >= 11 is 5.82. The Morgan fingerprint density at radius 3 is 2.82 bits per heavy atom. The molecule has 0 aliphatic heterocycles. The molecule has 3 nitrogen and oxygen atoms in total. The van der Waals surface area contributed by atoms with E-state index in [4.69, 9.17) is 11.6 Å². The minimum atomic E-state index is -0.0746. The van der Waals surface area contributed by atoms with Crippen molar-refractivity contribution in [1.29, 1.82) is 0 Å². The van der Waals surface area contributed by atoms with E-state index in [1.807, 2.05) is 19.9 Å². The van der Waals surface area contributed by atoms with Gasteiger partial charge in [-0.15, -0.1) is 0 Å². The molecule has 0 bridgehead atoms. The number of benzene rings is 1. The molecular formula is C13H17ClN2O. The first kappa shape index (κ1) is 13.7. The van der Waals surface area contributed by atoms with Crippen LogP contribution in [0, 0.1) is 0 Å². The molecule has 92 valence electrons. The normalized spacial score (nSPS) is 9.82. The predicted octanol–water partition coefficient (Wildman–Crippen LogP) is 2.83. The van der Waals surface area contributed by atoms with Crippen molar-refractivity contribution < 1.29 is 4.79 Å². The van der Waals surface area contributed by atoms with Gasteiger partial charge in [-0.2, -0.15) is 0 Å². The number of amides is 1. The van der Waals surface area contributed by atoms with Crippen molar-refractivity contribution >= 4 is 23.2 Å². The first-order valence-corrected chi connectivity index (χ1v) is 5.85. The van der Waals surface area contributed by atoms with Gasteiger partial charge in [0, 0.05) is 17.3 Å². The Morgan fingerprint density at radius 1 is 1.41 bits per heavy atom. The van der Waals surface area contributed by atoms with E-state index < -0.39 is 0 Å². The lowest BCUT2D eigenvalue weighted by Gasteiger charge is -2.05. The van der Waals surface area contributed by atoms with Gasteiger partial charge in [0.05, 0.1) is 6.54 Å². The molecule has 2 N–H and O–H groups in total. The molecule has 0 fully saturated rings. The van der Waals surface area contributed by atoms with E-state index in [0.29, 0.717) is 17.3 Å². The monoisotopic (exact) mass is 252 g/mol. The lowest BCUT2D eigenvalue weighted by atomic mass is 10.3. The Balaban J connectivity index is 2.32. The smallest absolute Gasteiger partial charge is 0.238 e. The van der Waals surface area contributed by atoms with Crippen molar-refractivity contribution in [2.24, 2.45) is 0 Å². The van der Waals surface area contributed by atoms with Gasteiger partial charge < -0.3 is 10.6 Å². The average Bonchev–Trinajstić information content (AvgIpc) is 2.24. The summed E-state index contributed by atoms with van der Waals surface area (Å²) < 4.78 is 0. The zero-order chi connectivity index (χ0) is 12.7. The summed E-state index contributed by atoms with van der Waals surface area (Å²) in [5, 5.41) is 6.41. The number of anilines is 1.